The summed E-state index contributed by atoms with van der Waals surface area (Å²) in [4.78, 5) is 10.7. The zero-order chi connectivity index (χ0) is 11.1. The minimum atomic E-state index is -0.741. The topological polar surface area (TPSA) is 49.3 Å². The molecular formula is C12H21NO2. The zero-order valence-electron chi connectivity index (χ0n) is 9.46. The van der Waals surface area contributed by atoms with Crippen molar-refractivity contribution in [1.29, 1.82) is 0 Å². The molecule has 86 valence electrons. The van der Waals surface area contributed by atoms with Crippen LogP contribution in [0.5, 0.6) is 0 Å². The Labute approximate surface area is 91.6 Å². The van der Waals surface area contributed by atoms with Crippen molar-refractivity contribution >= 4 is 5.97 Å². The SMILES string of the molecule is CCC(NCCC1=CCCCC1)C(=O)O. The first-order valence-corrected chi connectivity index (χ1v) is 5.88. The fourth-order valence-corrected chi connectivity index (χ4v) is 1.94. The van der Waals surface area contributed by atoms with Gasteiger partial charge in [-0.1, -0.05) is 18.6 Å². The van der Waals surface area contributed by atoms with Crippen LogP contribution in [0.15, 0.2) is 11.6 Å². The lowest BCUT2D eigenvalue weighted by atomic mass is 9.97. The summed E-state index contributed by atoms with van der Waals surface area (Å²) < 4.78 is 0. The maximum absolute atomic E-state index is 10.7. The third kappa shape index (κ3) is 4.47. The number of nitrogens with one attached hydrogen (secondary N) is 1. The van der Waals surface area contributed by atoms with E-state index in [0.717, 1.165) is 13.0 Å². The molecule has 1 unspecified atom stereocenters. The molecule has 1 aliphatic carbocycles. The van der Waals surface area contributed by atoms with Gasteiger partial charge in [0.05, 0.1) is 0 Å². The van der Waals surface area contributed by atoms with E-state index in [1.165, 1.54) is 31.3 Å². The number of aliphatic carboxylic acids is 1. The minimum Gasteiger partial charge on any atom is -0.480 e. The summed E-state index contributed by atoms with van der Waals surface area (Å²) in [5.41, 5.74) is 1.49. The van der Waals surface area contributed by atoms with Crippen LogP contribution in [-0.2, 0) is 4.79 Å². The highest BCUT2D eigenvalue weighted by Gasteiger charge is 2.13. The van der Waals surface area contributed by atoms with Crippen molar-refractivity contribution in [1.82, 2.24) is 5.32 Å². The highest BCUT2D eigenvalue weighted by Crippen LogP contribution is 2.19. The van der Waals surface area contributed by atoms with Gasteiger partial charge in [-0.25, -0.2) is 0 Å². The predicted molar refractivity (Wildman–Crippen MR) is 60.9 cm³/mol. The molecule has 0 aromatic carbocycles. The molecular weight excluding hydrogens is 190 g/mol. The van der Waals surface area contributed by atoms with Gasteiger partial charge in [-0.2, -0.15) is 0 Å². The van der Waals surface area contributed by atoms with E-state index in [-0.39, 0.29) is 6.04 Å². The van der Waals surface area contributed by atoms with Crippen molar-refractivity contribution in [3.63, 3.8) is 0 Å². The van der Waals surface area contributed by atoms with Crippen LogP contribution in [0.2, 0.25) is 0 Å². The van der Waals surface area contributed by atoms with Gasteiger partial charge in [0, 0.05) is 0 Å². The van der Waals surface area contributed by atoms with E-state index < -0.39 is 5.97 Å². The second-order valence-electron chi connectivity index (χ2n) is 4.11. The van der Waals surface area contributed by atoms with E-state index in [1.54, 1.807) is 0 Å². The molecule has 0 radical (unpaired) electrons. The Bertz CT molecular complexity index is 236. The molecule has 0 saturated carbocycles. The normalized spacial score (nSPS) is 18.3. The van der Waals surface area contributed by atoms with E-state index >= 15 is 0 Å². The van der Waals surface area contributed by atoms with E-state index in [9.17, 15) is 4.79 Å². The molecule has 1 aliphatic rings. The lowest BCUT2D eigenvalue weighted by molar-refractivity contribution is -0.139. The summed E-state index contributed by atoms with van der Waals surface area (Å²) in [6.45, 7) is 2.68. The summed E-state index contributed by atoms with van der Waals surface area (Å²) in [5, 5.41) is 11.9. The predicted octanol–water partition coefficient (Wildman–Crippen LogP) is 2.33. The molecule has 0 bridgehead atoms. The van der Waals surface area contributed by atoms with Crippen molar-refractivity contribution in [2.75, 3.05) is 6.54 Å². The molecule has 15 heavy (non-hydrogen) atoms. The number of carbonyl (C=O) groups is 1. The zero-order valence-corrected chi connectivity index (χ0v) is 9.46. The first-order valence-electron chi connectivity index (χ1n) is 5.88. The van der Waals surface area contributed by atoms with Gasteiger partial charge in [-0.15, -0.1) is 0 Å². The largest absolute Gasteiger partial charge is 0.480 e. The Morgan fingerprint density at radius 2 is 2.40 bits per heavy atom. The Hall–Kier alpha value is -0.830. The van der Waals surface area contributed by atoms with Crippen molar-refractivity contribution in [3.8, 4) is 0 Å². The Balaban J connectivity index is 2.19. The van der Waals surface area contributed by atoms with E-state index in [2.05, 4.69) is 11.4 Å². The molecule has 0 saturated heterocycles. The first kappa shape index (κ1) is 12.2. The Kier molecular flexibility index (Phi) is 5.40. The standard InChI is InChI=1S/C12H21NO2/c1-2-11(12(14)15)13-9-8-10-6-4-3-5-7-10/h6,11,13H,2-5,7-9H2,1H3,(H,14,15). The summed E-state index contributed by atoms with van der Waals surface area (Å²) in [6.07, 6.45) is 8.97. The van der Waals surface area contributed by atoms with Gasteiger partial charge in [-0.3, -0.25) is 4.79 Å². The number of carboxylic acid groups (broad SMARTS) is 1. The number of allylic oxidation sites excluding steroid dienone is 1. The molecule has 0 aliphatic heterocycles. The van der Waals surface area contributed by atoms with Crippen LogP contribution in [0.1, 0.15) is 45.4 Å². The van der Waals surface area contributed by atoms with Gasteiger partial charge >= 0.3 is 5.97 Å². The summed E-state index contributed by atoms with van der Waals surface area (Å²) >= 11 is 0. The number of hydrogen-bond acceptors (Lipinski definition) is 2. The highest BCUT2D eigenvalue weighted by molar-refractivity contribution is 5.73. The van der Waals surface area contributed by atoms with Crippen LogP contribution in [0.4, 0.5) is 0 Å². The van der Waals surface area contributed by atoms with Gasteiger partial charge in [0.25, 0.3) is 0 Å². The summed E-state index contributed by atoms with van der Waals surface area (Å²) in [5.74, 6) is -0.741. The average Bonchev–Trinajstić information content (AvgIpc) is 2.25. The molecule has 0 heterocycles. The van der Waals surface area contributed by atoms with Crippen LogP contribution in [0.25, 0.3) is 0 Å². The molecule has 2 N–H and O–H groups in total. The van der Waals surface area contributed by atoms with Crippen LogP contribution in [0.3, 0.4) is 0 Å². The molecule has 3 nitrogen and oxygen atoms in total. The second-order valence-corrected chi connectivity index (χ2v) is 4.11. The van der Waals surface area contributed by atoms with E-state index in [4.69, 9.17) is 5.11 Å². The van der Waals surface area contributed by atoms with Crippen LogP contribution in [-0.4, -0.2) is 23.7 Å². The van der Waals surface area contributed by atoms with Gasteiger partial charge in [0.1, 0.15) is 6.04 Å². The summed E-state index contributed by atoms with van der Waals surface area (Å²) in [6, 6.07) is -0.380. The smallest absolute Gasteiger partial charge is 0.320 e. The molecule has 0 fully saturated rings. The lowest BCUT2D eigenvalue weighted by Crippen LogP contribution is -2.36. The maximum atomic E-state index is 10.7. The van der Waals surface area contributed by atoms with Crippen LogP contribution in [0, 0.1) is 0 Å². The number of rotatable bonds is 6. The van der Waals surface area contributed by atoms with Crippen molar-refractivity contribution < 1.29 is 9.90 Å². The van der Waals surface area contributed by atoms with Crippen LogP contribution >= 0.6 is 0 Å². The highest BCUT2D eigenvalue weighted by atomic mass is 16.4. The van der Waals surface area contributed by atoms with E-state index in [1.807, 2.05) is 6.92 Å². The van der Waals surface area contributed by atoms with Crippen molar-refractivity contribution in [2.24, 2.45) is 0 Å². The fraction of sp³-hybridized carbons (Fsp3) is 0.750. The molecule has 1 atom stereocenters. The van der Waals surface area contributed by atoms with E-state index in [0.29, 0.717) is 6.42 Å². The fourth-order valence-electron chi connectivity index (χ4n) is 1.94. The molecule has 0 aromatic heterocycles. The lowest BCUT2D eigenvalue weighted by Gasteiger charge is -2.15. The molecule has 0 spiro atoms. The third-order valence-corrected chi connectivity index (χ3v) is 2.93. The summed E-state index contributed by atoms with van der Waals surface area (Å²) in [7, 11) is 0. The number of hydrogen-bond donors (Lipinski definition) is 2. The quantitative estimate of drug-likeness (QED) is 0.663. The minimum absolute atomic E-state index is 0.380. The monoisotopic (exact) mass is 211 g/mol. The second kappa shape index (κ2) is 6.62. The van der Waals surface area contributed by atoms with Crippen molar-refractivity contribution in [2.45, 2.75) is 51.5 Å². The Morgan fingerprint density at radius 1 is 1.60 bits per heavy atom. The number of carboxylic acids is 1. The first-order chi connectivity index (χ1) is 7.24. The third-order valence-electron chi connectivity index (χ3n) is 2.93. The molecule has 1 rings (SSSR count). The van der Waals surface area contributed by atoms with Gasteiger partial charge < -0.3 is 10.4 Å². The van der Waals surface area contributed by atoms with Crippen molar-refractivity contribution in [3.05, 3.63) is 11.6 Å². The van der Waals surface area contributed by atoms with Gasteiger partial charge in [-0.05, 0) is 45.1 Å². The molecule has 0 aromatic rings. The Morgan fingerprint density at radius 3 is 2.93 bits per heavy atom. The molecule has 3 heteroatoms. The average molecular weight is 211 g/mol. The molecule has 0 amide bonds. The van der Waals surface area contributed by atoms with Gasteiger partial charge in [0.15, 0.2) is 0 Å². The maximum Gasteiger partial charge on any atom is 0.320 e. The van der Waals surface area contributed by atoms with Gasteiger partial charge in [0.2, 0.25) is 0 Å². The van der Waals surface area contributed by atoms with Crippen LogP contribution < -0.4 is 5.32 Å².